The van der Waals surface area contributed by atoms with E-state index >= 15 is 0 Å². The number of benzene rings is 1. The second kappa shape index (κ2) is 3.96. The van der Waals surface area contributed by atoms with Crippen molar-refractivity contribution in [3.63, 3.8) is 0 Å². The van der Waals surface area contributed by atoms with Crippen molar-refractivity contribution < 1.29 is 0 Å². The monoisotopic (exact) mass is 194 g/mol. The van der Waals surface area contributed by atoms with Crippen LogP contribution in [0.25, 0.3) is 10.8 Å². The zero-order valence-corrected chi connectivity index (χ0v) is 7.49. The number of fused-ring (bicyclic) bond motifs is 1. The van der Waals surface area contributed by atoms with E-state index in [9.17, 15) is 4.79 Å². The van der Waals surface area contributed by atoms with E-state index in [2.05, 4.69) is 10.2 Å². The minimum absolute atomic E-state index is 0. The molecule has 0 saturated heterocycles. The predicted octanol–water partition coefficient (Wildman–Crippen LogP) is 1.41. The number of hydrogen-bond acceptors (Lipinski definition) is 3. The zero-order valence-electron chi connectivity index (χ0n) is 6.68. The van der Waals surface area contributed by atoms with Gasteiger partial charge in [0.15, 0.2) is 0 Å². The first kappa shape index (κ1) is 9.61. The first-order valence-corrected chi connectivity index (χ1v) is 3.58. The van der Waals surface area contributed by atoms with Gasteiger partial charge in [-0.05, 0) is 5.39 Å². The average Bonchev–Trinajstić information content (AvgIpc) is 2.25. The number of hydrogen-bond donors (Lipinski definition) is 0. The van der Waals surface area contributed by atoms with E-state index in [1.54, 1.807) is 6.20 Å². The van der Waals surface area contributed by atoms with Crippen LogP contribution in [0.5, 0.6) is 0 Å². The maximum Gasteiger partial charge on any atom is 0.288 e. The molecule has 0 amide bonds. The summed E-state index contributed by atoms with van der Waals surface area (Å²) in [5.74, 6) is 0. The van der Waals surface area contributed by atoms with Crippen LogP contribution in [0.4, 0.5) is 0 Å². The Kier molecular flexibility index (Phi) is 2.93. The van der Waals surface area contributed by atoms with Gasteiger partial charge >= 0.3 is 0 Å². The molecule has 0 spiro atoms. The summed E-state index contributed by atoms with van der Waals surface area (Å²) in [6, 6.07) is 9.00. The van der Waals surface area contributed by atoms with Crippen LogP contribution >= 0.6 is 12.4 Å². The third-order valence-electron chi connectivity index (χ3n) is 1.63. The molecule has 0 aliphatic carbocycles. The van der Waals surface area contributed by atoms with Gasteiger partial charge in [0.2, 0.25) is 0 Å². The van der Waals surface area contributed by atoms with Gasteiger partial charge in [0.1, 0.15) is 0 Å². The molecule has 1 aromatic heterocycles. The van der Waals surface area contributed by atoms with E-state index in [-0.39, 0.29) is 18.0 Å². The van der Waals surface area contributed by atoms with Crippen molar-refractivity contribution in [1.82, 2.24) is 10.2 Å². The summed E-state index contributed by atoms with van der Waals surface area (Å²) in [5, 5.41) is 8.82. The highest BCUT2D eigenvalue weighted by molar-refractivity contribution is 5.85. The minimum atomic E-state index is -0.309. The van der Waals surface area contributed by atoms with Crippen LogP contribution in [0.15, 0.2) is 41.3 Å². The molecule has 0 radical (unpaired) electrons. The Balaban J connectivity index is 0.000000845. The van der Waals surface area contributed by atoms with E-state index in [0.29, 0.717) is 0 Å². The van der Waals surface area contributed by atoms with Crippen molar-refractivity contribution in [1.29, 1.82) is 0 Å². The van der Waals surface area contributed by atoms with Crippen LogP contribution in [-0.4, -0.2) is 10.2 Å². The Morgan fingerprint density at radius 2 is 1.77 bits per heavy atom. The number of aromatic nitrogens is 2. The largest absolute Gasteiger partial charge is 0.288 e. The van der Waals surface area contributed by atoms with Crippen LogP contribution in [0.1, 0.15) is 0 Å². The SMILES string of the molecule is Cl.O=c1cc2ccccc2cnn1. The normalized spacial score (nSPS) is 9.23. The second-order valence-corrected chi connectivity index (χ2v) is 2.46. The summed E-state index contributed by atoms with van der Waals surface area (Å²) in [6.07, 6.45) is 1.58. The first-order valence-electron chi connectivity index (χ1n) is 3.58. The lowest BCUT2D eigenvalue weighted by molar-refractivity contribution is 1.02. The van der Waals surface area contributed by atoms with Crippen LogP contribution < -0.4 is 5.56 Å². The van der Waals surface area contributed by atoms with Gasteiger partial charge in [0.25, 0.3) is 5.56 Å². The molecular formula is C9H7ClN2O. The lowest BCUT2D eigenvalue weighted by Gasteiger charge is -1.85. The molecule has 1 aromatic carbocycles. The summed E-state index contributed by atoms with van der Waals surface area (Å²) in [6.45, 7) is 0. The van der Waals surface area contributed by atoms with Crippen LogP contribution in [0, 0.1) is 0 Å². The summed E-state index contributed by atoms with van der Waals surface area (Å²) in [7, 11) is 0. The summed E-state index contributed by atoms with van der Waals surface area (Å²) in [5.41, 5.74) is -0.309. The van der Waals surface area contributed by atoms with E-state index in [4.69, 9.17) is 0 Å². The summed E-state index contributed by atoms with van der Waals surface area (Å²) >= 11 is 0. The van der Waals surface area contributed by atoms with Gasteiger partial charge in [0.05, 0.1) is 6.20 Å². The van der Waals surface area contributed by atoms with E-state index in [1.807, 2.05) is 24.3 Å². The maximum atomic E-state index is 10.9. The van der Waals surface area contributed by atoms with Crippen molar-refractivity contribution in [3.05, 3.63) is 46.9 Å². The van der Waals surface area contributed by atoms with Gasteiger partial charge in [-0.3, -0.25) is 4.79 Å². The molecule has 66 valence electrons. The fourth-order valence-electron chi connectivity index (χ4n) is 1.07. The molecule has 0 N–H and O–H groups in total. The van der Waals surface area contributed by atoms with Crippen LogP contribution in [0.2, 0.25) is 0 Å². The van der Waals surface area contributed by atoms with Gasteiger partial charge in [-0.2, -0.15) is 5.10 Å². The number of rotatable bonds is 0. The molecule has 2 aromatic rings. The molecule has 13 heavy (non-hydrogen) atoms. The number of nitrogens with zero attached hydrogens (tertiary/aromatic N) is 2. The molecule has 4 heteroatoms. The zero-order chi connectivity index (χ0) is 8.39. The maximum absolute atomic E-state index is 10.9. The van der Waals surface area contributed by atoms with E-state index in [0.717, 1.165) is 10.8 Å². The molecule has 0 bridgehead atoms. The molecule has 0 aliphatic heterocycles. The third kappa shape index (κ3) is 2.00. The fourth-order valence-corrected chi connectivity index (χ4v) is 1.07. The highest BCUT2D eigenvalue weighted by atomic mass is 35.5. The molecular weight excluding hydrogens is 188 g/mol. The Bertz CT molecular complexity index is 473. The molecule has 3 nitrogen and oxygen atoms in total. The Morgan fingerprint density at radius 3 is 2.54 bits per heavy atom. The standard InChI is InChI=1S/C9H6N2O.ClH/c12-9-5-7-3-1-2-4-8(7)6-10-11-9;/h1-6H;1H. The smallest absolute Gasteiger partial charge is 0.266 e. The molecule has 0 fully saturated rings. The Hall–Kier alpha value is -1.48. The first-order chi connectivity index (χ1) is 5.86. The van der Waals surface area contributed by atoms with Crippen molar-refractivity contribution in [3.8, 4) is 0 Å². The summed E-state index contributed by atoms with van der Waals surface area (Å²) < 4.78 is 0. The molecule has 2 rings (SSSR count). The molecule has 1 heterocycles. The van der Waals surface area contributed by atoms with Gasteiger partial charge in [-0.1, -0.05) is 24.3 Å². The minimum Gasteiger partial charge on any atom is -0.266 e. The van der Waals surface area contributed by atoms with Crippen LogP contribution in [0.3, 0.4) is 0 Å². The number of halogens is 1. The highest BCUT2D eigenvalue weighted by Crippen LogP contribution is 2.06. The van der Waals surface area contributed by atoms with Gasteiger partial charge in [-0.25, -0.2) is 0 Å². The van der Waals surface area contributed by atoms with Crippen molar-refractivity contribution in [2.75, 3.05) is 0 Å². The fraction of sp³-hybridized carbons (Fsp3) is 0. The Morgan fingerprint density at radius 1 is 1.08 bits per heavy atom. The average molecular weight is 195 g/mol. The van der Waals surface area contributed by atoms with Gasteiger partial charge < -0.3 is 0 Å². The Labute approximate surface area is 80.8 Å². The van der Waals surface area contributed by atoms with Crippen molar-refractivity contribution >= 4 is 23.2 Å². The molecule has 0 unspecified atom stereocenters. The predicted molar refractivity (Wildman–Crippen MR) is 53.1 cm³/mol. The molecule has 0 saturated carbocycles. The van der Waals surface area contributed by atoms with E-state index < -0.39 is 0 Å². The lowest BCUT2D eigenvalue weighted by atomic mass is 10.2. The lowest BCUT2D eigenvalue weighted by Crippen LogP contribution is -1.99. The summed E-state index contributed by atoms with van der Waals surface area (Å²) in [4.78, 5) is 10.9. The molecule has 0 atom stereocenters. The highest BCUT2D eigenvalue weighted by Gasteiger charge is 1.89. The van der Waals surface area contributed by atoms with Crippen LogP contribution in [-0.2, 0) is 0 Å². The topological polar surface area (TPSA) is 42.9 Å². The van der Waals surface area contributed by atoms with Gasteiger partial charge in [-0.15, -0.1) is 17.5 Å². The third-order valence-corrected chi connectivity index (χ3v) is 1.63. The van der Waals surface area contributed by atoms with Gasteiger partial charge in [0, 0.05) is 11.5 Å². The quantitative estimate of drug-likeness (QED) is 0.637. The van der Waals surface area contributed by atoms with E-state index in [1.165, 1.54) is 6.07 Å². The van der Waals surface area contributed by atoms with Crippen molar-refractivity contribution in [2.24, 2.45) is 0 Å². The van der Waals surface area contributed by atoms with Crippen molar-refractivity contribution in [2.45, 2.75) is 0 Å². The second-order valence-electron chi connectivity index (χ2n) is 2.46. The molecule has 0 aliphatic rings.